The second-order valence-corrected chi connectivity index (χ2v) is 5.26. The van der Waals surface area contributed by atoms with Crippen molar-refractivity contribution in [3.8, 4) is 0 Å². The van der Waals surface area contributed by atoms with Gasteiger partial charge in [0.1, 0.15) is 11.9 Å². The van der Waals surface area contributed by atoms with Gasteiger partial charge in [-0.2, -0.15) is 4.98 Å². The summed E-state index contributed by atoms with van der Waals surface area (Å²) in [5, 5.41) is 12.6. The van der Waals surface area contributed by atoms with E-state index < -0.39 is 18.1 Å². The van der Waals surface area contributed by atoms with Crippen molar-refractivity contribution in [2.24, 2.45) is 5.73 Å². The molecule has 1 aromatic rings. The van der Waals surface area contributed by atoms with Gasteiger partial charge in [-0.15, -0.1) is 0 Å². The molecule has 22 heavy (non-hydrogen) atoms. The van der Waals surface area contributed by atoms with Crippen LogP contribution in [0.3, 0.4) is 0 Å². The maximum atomic E-state index is 11.4. The molecule has 0 spiro atoms. The van der Waals surface area contributed by atoms with Crippen molar-refractivity contribution in [2.75, 3.05) is 36.5 Å². The summed E-state index contributed by atoms with van der Waals surface area (Å²) in [5.41, 5.74) is 6.16. The number of nitrogens with zero attached hydrogens (tertiary/aromatic N) is 3. The lowest BCUT2D eigenvalue weighted by atomic mass is 10.1. The van der Waals surface area contributed by atoms with Crippen LogP contribution in [-0.4, -0.2) is 59.4 Å². The third kappa shape index (κ3) is 4.05. The molecule has 8 heteroatoms. The van der Waals surface area contributed by atoms with Gasteiger partial charge in [0, 0.05) is 24.8 Å². The van der Waals surface area contributed by atoms with Crippen LogP contribution in [0.15, 0.2) is 6.07 Å². The van der Waals surface area contributed by atoms with Gasteiger partial charge >= 0.3 is 0 Å². The minimum atomic E-state index is -0.913. The third-order valence-corrected chi connectivity index (χ3v) is 3.52. The molecule has 1 aliphatic rings. The average molecular weight is 309 g/mol. The molecule has 4 N–H and O–H groups in total. The molecule has 1 fully saturated rings. The number of anilines is 2. The second kappa shape index (κ2) is 7.37. The first kappa shape index (κ1) is 16.4. The molecular weight excluding hydrogens is 286 g/mol. The van der Waals surface area contributed by atoms with Crippen LogP contribution >= 0.6 is 0 Å². The molecule has 2 heterocycles. The Bertz CT molecular complexity index is 517. The van der Waals surface area contributed by atoms with E-state index in [-0.39, 0.29) is 0 Å². The third-order valence-electron chi connectivity index (χ3n) is 3.52. The first-order chi connectivity index (χ1) is 10.5. The number of morpholine rings is 1. The zero-order valence-electron chi connectivity index (χ0n) is 13.0. The molecular formula is C14H23N5O3. The van der Waals surface area contributed by atoms with Gasteiger partial charge in [0.05, 0.1) is 19.3 Å². The van der Waals surface area contributed by atoms with Crippen LogP contribution in [0.4, 0.5) is 11.8 Å². The number of carbonyl (C=O) groups is 1. The quantitative estimate of drug-likeness (QED) is 0.650. The van der Waals surface area contributed by atoms with E-state index in [0.29, 0.717) is 25.0 Å². The molecule has 0 bridgehead atoms. The predicted octanol–water partition coefficient (Wildman–Crippen LogP) is -0.478. The summed E-state index contributed by atoms with van der Waals surface area (Å²) in [6.45, 7) is 6.23. The van der Waals surface area contributed by atoms with Crippen LogP contribution in [0.2, 0.25) is 0 Å². The van der Waals surface area contributed by atoms with Gasteiger partial charge in [-0.3, -0.25) is 4.79 Å². The van der Waals surface area contributed by atoms with Crippen LogP contribution < -0.4 is 16.0 Å². The summed E-state index contributed by atoms with van der Waals surface area (Å²) in [6.07, 6.45) is -0.172. The number of aryl methyl sites for hydroxylation is 1. The molecule has 1 saturated heterocycles. The standard InChI is InChI=1S/C14H23N5O3/c1-3-10-8-11(17-12(9(2)20)13(15)21)18-14(16-10)19-4-6-22-7-5-19/h8-9,12,20H,3-7H2,1-2H3,(H2,15,21)(H,16,17,18)/t9-,12+/m1/s1. The zero-order chi connectivity index (χ0) is 16.1. The van der Waals surface area contributed by atoms with Gasteiger partial charge < -0.3 is 25.8 Å². The number of hydrogen-bond donors (Lipinski definition) is 3. The molecule has 2 atom stereocenters. The van der Waals surface area contributed by atoms with E-state index in [2.05, 4.69) is 15.3 Å². The van der Waals surface area contributed by atoms with Crippen LogP contribution in [0.1, 0.15) is 19.5 Å². The number of aliphatic hydroxyl groups is 1. The van der Waals surface area contributed by atoms with E-state index >= 15 is 0 Å². The maximum Gasteiger partial charge on any atom is 0.242 e. The van der Waals surface area contributed by atoms with Crippen LogP contribution in [0.25, 0.3) is 0 Å². The Labute approximate surface area is 129 Å². The normalized spacial score (nSPS) is 17.9. The molecule has 2 rings (SSSR count). The Morgan fingerprint density at radius 2 is 2.18 bits per heavy atom. The van der Waals surface area contributed by atoms with E-state index in [4.69, 9.17) is 10.5 Å². The summed E-state index contributed by atoms with van der Waals surface area (Å²) >= 11 is 0. The fourth-order valence-electron chi connectivity index (χ4n) is 2.23. The first-order valence-electron chi connectivity index (χ1n) is 7.45. The number of aliphatic hydroxyl groups excluding tert-OH is 1. The number of ether oxygens (including phenoxy) is 1. The lowest BCUT2D eigenvalue weighted by Crippen LogP contribution is -2.44. The smallest absolute Gasteiger partial charge is 0.242 e. The Kier molecular flexibility index (Phi) is 5.51. The van der Waals surface area contributed by atoms with E-state index in [1.54, 1.807) is 6.07 Å². The fraction of sp³-hybridized carbons (Fsp3) is 0.643. The molecule has 0 radical (unpaired) electrons. The minimum absolute atomic E-state index is 0.484. The first-order valence-corrected chi connectivity index (χ1v) is 7.45. The lowest BCUT2D eigenvalue weighted by molar-refractivity contribution is -0.120. The Morgan fingerprint density at radius 3 is 2.73 bits per heavy atom. The molecule has 122 valence electrons. The predicted molar refractivity (Wildman–Crippen MR) is 82.7 cm³/mol. The van der Waals surface area contributed by atoms with Gasteiger partial charge in [0.25, 0.3) is 0 Å². The molecule has 0 aliphatic carbocycles. The van der Waals surface area contributed by atoms with Gasteiger partial charge in [-0.1, -0.05) is 6.92 Å². The zero-order valence-corrected chi connectivity index (χ0v) is 13.0. The Hall–Kier alpha value is -1.93. The number of primary amides is 1. The van der Waals surface area contributed by atoms with Crippen molar-refractivity contribution in [2.45, 2.75) is 32.4 Å². The molecule has 0 aromatic carbocycles. The molecule has 8 nitrogen and oxygen atoms in total. The monoisotopic (exact) mass is 309 g/mol. The molecule has 1 amide bonds. The van der Waals surface area contributed by atoms with Crippen molar-refractivity contribution >= 4 is 17.7 Å². The highest BCUT2D eigenvalue weighted by Crippen LogP contribution is 2.17. The number of nitrogens with two attached hydrogens (primary N) is 1. The highest BCUT2D eigenvalue weighted by atomic mass is 16.5. The number of carbonyl (C=O) groups excluding carboxylic acids is 1. The number of rotatable bonds is 6. The van der Waals surface area contributed by atoms with Crippen molar-refractivity contribution in [3.63, 3.8) is 0 Å². The summed E-state index contributed by atoms with van der Waals surface area (Å²) in [6, 6.07) is 0.875. The Morgan fingerprint density at radius 1 is 1.50 bits per heavy atom. The van der Waals surface area contributed by atoms with Crippen LogP contribution in [-0.2, 0) is 16.0 Å². The topological polar surface area (TPSA) is 114 Å². The van der Waals surface area contributed by atoms with Gasteiger partial charge in [-0.05, 0) is 13.3 Å². The van der Waals surface area contributed by atoms with Crippen molar-refractivity contribution in [3.05, 3.63) is 11.8 Å². The van der Waals surface area contributed by atoms with Crippen molar-refractivity contribution in [1.82, 2.24) is 9.97 Å². The lowest BCUT2D eigenvalue weighted by Gasteiger charge is -2.28. The summed E-state index contributed by atoms with van der Waals surface area (Å²) in [5.74, 6) is 0.455. The van der Waals surface area contributed by atoms with E-state index in [0.717, 1.165) is 25.2 Å². The van der Waals surface area contributed by atoms with Crippen molar-refractivity contribution < 1.29 is 14.6 Å². The molecule has 0 saturated carbocycles. The van der Waals surface area contributed by atoms with E-state index in [9.17, 15) is 9.90 Å². The summed E-state index contributed by atoms with van der Waals surface area (Å²) in [4.78, 5) is 22.4. The number of nitrogens with one attached hydrogen (secondary N) is 1. The number of amides is 1. The summed E-state index contributed by atoms with van der Waals surface area (Å²) < 4.78 is 5.33. The molecule has 0 unspecified atom stereocenters. The van der Waals surface area contributed by atoms with Gasteiger partial charge in [0.15, 0.2) is 0 Å². The Balaban J connectivity index is 2.24. The largest absolute Gasteiger partial charge is 0.391 e. The SMILES string of the molecule is CCc1cc(N[C@H](C(N)=O)[C@@H](C)O)nc(N2CCOCC2)n1. The van der Waals surface area contributed by atoms with E-state index in [1.807, 2.05) is 11.8 Å². The summed E-state index contributed by atoms with van der Waals surface area (Å²) in [7, 11) is 0. The molecule has 1 aromatic heterocycles. The second-order valence-electron chi connectivity index (χ2n) is 5.26. The average Bonchev–Trinajstić information content (AvgIpc) is 2.52. The number of aromatic nitrogens is 2. The highest BCUT2D eigenvalue weighted by Gasteiger charge is 2.22. The van der Waals surface area contributed by atoms with Gasteiger partial charge in [-0.25, -0.2) is 4.98 Å². The fourth-order valence-corrected chi connectivity index (χ4v) is 2.23. The maximum absolute atomic E-state index is 11.4. The van der Waals surface area contributed by atoms with Gasteiger partial charge in [0.2, 0.25) is 11.9 Å². The highest BCUT2D eigenvalue weighted by molar-refractivity contribution is 5.83. The molecule has 1 aliphatic heterocycles. The van der Waals surface area contributed by atoms with Crippen LogP contribution in [0.5, 0.6) is 0 Å². The van der Waals surface area contributed by atoms with E-state index in [1.165, 1.54) is 6.92 Å². The minimum Gasteiger partial charge on any atom is -0.391 e. The van der Waals surface area contributed by atoms with Crippen molar-refractivity contribution in [1.29, 1.82) is 0 Å². The number of hydrogen-bond acceptors (Lipinski definition) is 7. The van der Waals surface area contributed by atoms with Crippen LogP contribution in [0, 0.1) is 0 Å².